The van der Waals surface area contributed by atoms with Gasteiger partial charge in [-0.3, -0.25) is 4.79 Å². The maximum Gasteiger partial charge on any atom is 0.221 e. The molecule has 0 atom stereocenters. The molecule has 1 rings (SSSR count). The number of aromatic nitrogens is 1. The average Bonchev–Trinajstić information content (AvgIpc) is 2.37. The highest BCUT2D eigenvalue weighted by atomic mass is 16.1. The van der Waals surface area contributed by atoms with Crippen molar-refractivity contribution in [3.63, 3.8) is 0 Å². The molecule has 1 aromatic heterocycles. The van der Waals surface area contributed by atoms with E-state index in [-0.39, 0.29) is 5.91 Å². The van der Waals surface area contributed by atoms with E-state index in [1.807, 2.05) is 32.0 Å². The summed E-state index contributed by atoms with van der Waals surface area (Å²) in [4.78, 5) is 15.7. The summed E-state index contributed by atoms with van der Waals surface area (Å²) in [5.41, 5.74) is 0. The lowest BCUT2D eigenvalue weighted by Crippen LogP contribution is -2.25. The molecule has 0 bridgehead atoms. The number of hydrogen-bond donors (Lipinski definition) is 3. The van der Waals surface area contributed by atoms with Crippen molar-refractivity contribution in [3.8, 4) is 0 Å². The average molecular weight is 250 g/mol. The third-order valence-electron chi connectivity index (χ3n) is 2.34. The van der Waals surface area contributed by atoms with Crippen LogP contribution >= 0.6 is 0 Å². The fraction of sp³-hybridized carbons (Fsp3) is 0.538. The van der Waals surface area contributed by atoms with Crippen LogP contribution < -0.4 is 16.0 Å². The van der Waals surface area contributed by atoms with Gasteiger partial charge in [-0.15, -0.1) is 0 Å². The highest BCUT2D eigenvalue weighted by Gasteiger charge is 2.00. The van der Waals surface area contributed by atoms with Gasteiger partial charge in [0.2, 0.25) is 5.91 Å². The Balaban J connectivity index is 2.30. The quantitative estimate of drug-likeness (QED) is 0.658. The molecule has 100 valence electrons. The van der Waals surface area contributed by atoms with Gasteiger partial charge in [0.15, 0.2) is 0 Å². The summed E-state index contributed by atoms with van der Waals surface area (Å²) < 4.78 is 0. The monoisotopic (exact) mass is 250 g/mol. The number of nitrogens with one attached hydrogen (secondary N) is 3. The molecule has 18 heavy (non-hydrogen) atoms. The van der Waals surface area contributed by atoms with Crippen LogP contribution in [-0.4, -0.2) is 30.5 Å². The van der Waals surface area contributed by atoms with E-state index in [1.54, 1.807) is 0 Å². The van der Waals surface area contributed by atoms with Crippen molar-refractivity contribution >= 4 is 17.5 Å². The van der Waals surface area contributed by atoms with Crippen LogP contribution in [0.15, 0.2) is 18.2 Å². The second-order valence-corrected chi connectivity index (χ2v) is 3.97. The largest absolute Gasteiger partial charge is 0.370 e. The lowest BCUT2D eigenvalue weighted by Gasteiger charge is -2.08. The van der Waals surface area contributed by atoms with Crippen LogP contribution in [0.1, 0.15) is 26.7 Å². The molecule has 0 fully saturated rings. The van der Waals surface area contributed by atoms with Crippen LogP contribution in [-0.2, 0) is 4.79 Å². The predicted molar refractivity (Wildman–Crippen MR) is 74.8 cm³/mol. The summed E-state index contributed by atoms with van der Waals surface area (Å²) in [6, 6.07) is 5.75. The zero-order chi connectivity index (χ0) is 13.2. The van der Waals surface area contributed by atoms with Gasteiger partial charge in [0.1, 0.15) is 11.6 Å². The summed E-state index contributed by atoms with van der Waals surface area (Å²) >= 11 is 0. The minimum Gasteiger partial charge on any atom is -0.370 e. The molecule has 1 heterocycles. The standard InChI is InChI=1S/C13H22N4O/c1-3-9-16-13(18)8-10-15-12-7-5-6-11(17-12)14-4-2/h5-7H,3-4,8-10H2,1-2H3,(H,16,18)(H2,14,15,17). The summed E-state index contributed by atoms with van der Waals surface area (Å²) in [7, 11) is 0. The highest BCUT2D eigenvalue weighted by Crippen LogP contribution is 2.08. The van der Waals surface area contributed by atoms with Gasteiger partial charge in [-0.25, -0.2) is 4.98 Å². The SMILES string of the molecule is CCCNC(=O)CCNc1cccc(NCC)n1. The van der Waals surface area contributed by atoms with E-state index in [0.29, 0.717) is 13.0 Å². The van der Waals surface area contributed by atoms with Gasteiger partial charge in [0.05, 0.1) is 0 Å². The maximum atomic E-state index is 11.4. The molecule has 3 N–H and O–H groups in total. The van der Waals surface area contributed by atoms with Crippen LogP contribution in [0, 0.1) is 0 Å². The third-order valence-corrected chi connectivity index (χ3v) is 2.34. The van der Waals surface area contributed by atoms with Crippen molar-refractivity contribution in [1.82, 2.24) is 10.3 Å². The van der Waals surface area contributed by atoms with Gasteiger partial charge < -0.3 is 16.0 Å². The Kier molecular flexibility index (Phi) is 6.61. The number of carbonyl (C=O) groups is 1. The Morgan fingerprint density at radius 1 is 1.17 bits per heavy atom. The molecular formula is C13H22N4O. The molecule has 5 heteroatoms. The Hall–Kier alpha value is -1.78. The predicted octanol–water partition coefficient (Wildman–Crippen LogP) is 1.84. The van der Waals surface area contributed by atoms with E-state index in [2.05, 4.69) is 20.9 Å². The van der Waals surface area contributed by atoms with Crippen molar-refractivity contribution in [2.45, 2.75) is 26.7 Å². The second kappa shape index (κ2) is 8.33. The number of carbonyl (C=O) groups excluding carboxylic acids is 1. The Bertz CT molecular complexity index is 368. The minimum atomic E-state index is 0.0761. The number of amides is 1. The normalized spacial score (nSPS) is 9.89. The Morgan fingerprint density at radius 2 is 1.89 bits per heavy atom. The van der Waals surface area contributed by atoms with E-state index in [9.17, 15) is 4.79 Å². The summed E-state index contributed by atoms with van der Waals surface area (Å²) in [6.45, 7) is 6.25. The molecule has 0 saturated heterocycles. The molecule has 0 aliphatic rings. The van der Waals surface area contributed by atoms with Gasteiger partial charge >= 0.3 is 0 Å². The molecule has 0 aromatic carbocycles. The van der Waals surface area contributed by atoms with E-state index in [0.717, 1.165) is 31.1 Å². The molecule has 0 saturated carbocycles. The van der Waals surface area contributed by atoms with Crippen LogP contribution in [0.4, 0.5) is 11.6 Å². The van der Waals surface area contributed by atoms with Crippen LogP contribution in [0.2, 0.25) is 0 Å². The van der Waals surface area contributed by atoms with Gasteiger partial charge in [-0.1, -0.05) is 13.0 Å². The van der Waals surface area contributed by atoms with Crippen LogP contribution in [0.25, 0.3) is 0 Å². The summed E-state index contributed by atoms with van der Waals surface area (Å²) in [5, 5.41) is 9.12. The van der Waals surface area contributed by atoms with Gasteiger partial charge in [-0.05, 0) is 25.5 Å². The van der Waals surface area contributed by atoms with Crippen molar-refractivity contribution in [3.05, 3.63) is 18.2 Å². The van der Waals surface area contributed by atoms with Gasteiger partial charge in [0, 0.05) is 26.1 Å². The third kappa shape index (κ3) is 5.52. The molecule has 5 nitrogen and oxygen atoms in total. The first kappa shape index (κ1) is 14.3. The molecular weight excluding hydrogens is 228 g/mol. The Morgan fingerprint density at radius 3 is 2.56 bits per heavy atom. The molecule has 0 unspecified atom stereocenters. The molecule has 0 spiro atoms. The maximum absolute atomic E-state index is 11.4. The first-order valence-electron chi connectivity index (χ1n) is 6.47. The zero-order valence-electron chi connectivity index (χ0n) is 11.1. The van der Waals surface area contributed by atoms with E-state index < -0.39 is 0 Å². The lowest BCUT2D eigenvalue weighted by atomic mass is 10.3. The summed E-state index contributed by atoms with van der Waals surface area (Å²) in [5.74, 6) is 1.71. The van der Waals surface area contributed by atoms with Gasteiger partial charge in [-0.2, -0.15) is 0 Å². The van der Waals surface area contributed by atoms with E-state index in [4.69, 9.17) is 0 Å². The molecule has 1 amide bonds. The first-order valence-corrected chi connectivity index (χ1v) is 6.47. The van der Waals surface area contributed by atoms with E-state index >= 15 is 0 Å². The summed E-state index contributed by atoms with van der Waals surface area (Å²) in [6.07, 6.45) is 1.43. The fourth-order valence-electron chi connectivity index (χ4n) is 1.47. The number of pyridine rings is 1. The molecule has 1 aromatic rings. The van der Waals surface area contributed by atoms with Crippen molar-refractivity contribution in [2.24, 2.45) is 0 Å². The van der Waals surface area contributed by atoms with Crippen LogP contribution in [0.5, 0.6) is 0 Å². The van der Waals surface area contributed by atoms with Crippen LogP contribution in [0.3, 0.4) is 0 Å². The number of anilines is 2. The smallest absolute Gasteiger partial charge is 0.221 e. The highest BCUT2D eigenvalue weighted by molar-refractivity contribution is 5.76. The van der Waals surface area contributed by atoms with Crippen molar-refractivity contribution in [2.75, 3.05) is 30.3 Å². The number of nitrogens with zero attached hydrogens (tertiary/aromatic N) is 1. The molecule has 0 radical (unpaired) electrons. The van der Waals surface area contributed by atoms with Crippen molar-refractivity contribution < 1.29 is 4.79 Å². The Labute approximate surface area is 108 Å². The second-order valence-electron chi connectivity index (χ2n) is 3.97. The fourth-order valence-corrected chi connectivity index (χ4v) is 1.47. The van der Waals surface area contributed by atoms with Gasteiger partial charge in [0.25, 0.3) is 0 Å². The molecule has 0 aliphatic carbocycles. The lowest BCUT2D eigenvalue weighted by molar-refractivity contribution is -0.120. The zero-order valence-corrected chi connectivity index (χ0v) is 11.1. The topological polar surface area (TPSA) is 66.1 Å². The number of hydrogen-bond acceptors (Lipinski definition) is 4. The molecule has 0 aliphatic heterocycles. The first-order chi connectivity index (χ1) is 8.76. The van der Waals surface area contributed by atoms with Crippen molar-refractivity contribution in [1.29, 1.82) is 0 Å². The minimum absolute atomic E-state index is 0.0761. The van der Waals surface area contributed by atoms with E-state index in [1.165, 1.54) is 0 Å². The number of rotatable bonds is 8.